The topological polar surface area (TPSA) is 64.3 Å². The molecule has 2 aromatic rings. The van der Waals surface area contributed by atoms with Crippen molar-refractivity contribution in [3.05, 3.63) is 42.2 Å². The molecule has 0 saturated heterocycles. The summed E-state index contributed by atoms with van der Waals surface area (Å²) in [6.07, 6.45) is 4.45. The maximum absolute atomic E-state index is 5.73. The normalized spacial score (nSPS) is 10.4. The summed E-state index contributed by atoms with van der Waals surface area (Å²) in [5, 5.41) is 0. The molecule has 1 heterocycles. The van der Waals surface area contributed by atoms with Crippen LogP contribution in [0.3, 0.4) is 0 Å². The molecule has 5 heteroatoms. The summed E-state index contributed by atoms with van der Waals surface area (Å²) < 4.78 is 5.42. The van der Waals surface area contributed by atoms with Crippen molar-refractivity contribution in [1.82, 2.24) is 9.97 Å². The average molecular weight is 286 g/mol. The Morgan fingerprint density at radius 1 is 1.14 bits per heavy atom. The Morgan fingerprint density at radius 2 is 1.90 bits per heavy atom. The highest BCUT2D eigenvalue weighted by atomic mass is 16.5. The van der Waals surface area contributed by atoms with Crippen LogP contribution in [-0.2, 0) is 6.54 Å². The summed E-state index contributed by atoms with van der Waals surface area (Å²) in [5.74, 6) is 1.40. The van der Waals surface area contributed by atoms with Crippen LogP contribution in [0.2, 0.25) is 0 Å². The Hall–Kier alpha value is -2.30. The Balaban J connectivity index is 2.17. The lowest BCUT2D eigenvalue weighted by Crippen LogP contribution is -2.24. The number of ether oxygens (including phenoxy) is 1. The van der Waals surface area contributed by atoms with Crippen molar-refractivity contribution in [3.8, 4) is 5.88 Å². The Labute approximate surface area is 125 Å². The van der Waals surface area contributed by atoms with E-state index in [2.05, 4.69) is 21.8 Å². The van der Waals surface area contributed by atoms with E-state index in [1.165, 1.54) is 5.56 Å². The number of benzene rings is 1. The van der Waals surface area contributed by atoms with Crippen molar-refractivity contribution in [1.29, 1.82) is 0 Å². The van der Waals surface area contributed by atoms with Crippen LogP contribution in [0.15, 0.2) is 36.7 Å². The van der Waals surface area contributed by atoms with Crippen LogP contribution in [0, 0.1) is 0 Å². The SMILES string of the molecule is CCCN(Cc1ccc(N)cc1)c1cncc(OCC)n1. The van der Waals surface area contributed by atoms with Gasteiger partial charge in [-0.25, -0.2) is 0 Å². The summed E-state index contributed by atoms with van der Waals surface area (Å²) in [5.41, 5.74) is 7.70. The molecule has 0 fully saturated rings. The zero-order valence-corrected chi connectivity index (χ0v) is 12.6. The summed E-state index contributed by atoms with van der Waals surface area (Å²) in [7, 11) is 0. The molecule has 0 atom stereocenters. The second-order valence-corrected chi connectivity index (χ2v) is 4.81. The van der Waals surface area contributed by atoms with Crippen LogP contribution in [0.5, 0.6) is 5.88 Å². The lowest BCUT2D eigenvalue weighted by Gasteiger charge is -2.23. The average Bonchev–Trinajstić information content (AvgIpc) is 2.50. The summed E-state index contributed by atoms with van der Waals surface area (Å²) in [6.45, 7) is 6.36. The molecule has 0 saturated carbocycles. The van der Waals surface area contributed by atoms with E-state index in [4.69, 9.17) is 10.5 Å². The van der Waals surface area contributed by atoms with Gasteiger partial charge in [0.1, 0.15) is 0 Å². The molecule has 0 aliphatic carbocycles. The van der Waals surface area contributed by atoms with Crippen LogP contribution >= 0.6 is 0 Å². The molecule has 1 aromatic carbocycles. The third-order valence-corrected chi connectivity index (χ3v) is 3.06. The fourth-order valence-electron chi connectivity index (χ4n) is 2.10. The molecule has 0 aliphatic rings. The van der Waals surface area contributed by atoms with Crippen LogP contribution in [0.1, 0.15) is 25.8 Å². The van der Waals surface area contributed by atoms with Gasteiger partial charge in [0.15, 0.2) is 5.82 Å². The van der Waals surface area contributed by atoms with E-state index in [9.17, 15) is 0 Å². The highest BCUT2D eigenvalue weighted by molar-refractivity contribution is 5.42. The van der Waals surface area contributed by atoms with Gasteiger partial charge >= 0.3 is 0 Å². The summed E-state index contributed by atoms with van der Waals surface area (Å²) in [4.78, 5) is 10.9. The molecule has 112 valence electrons. The van der Waals surface area contributed by atoms with Crippen molar-refractivity contribution in [2.75, 3.05) is 23.8 Å². The summed E-state index contributed by atoms with van der Waals surface area (Å²) >= 11 is 0. The number of nitrogens with zero attached hydrogens (tertiary/aromatic N) is 3. The van der Waals surface area contributed by atoms with Crippen LogP contribution in [0.4, 0.5) is 11.5 Å². The van der Waals surface area contributed by atoms with Gasteiger partial charge in [0.05, 0.1) is 19.0 Å². The smallest absolute Gasteiger partial charge is 0.234 e. The van der Waals surface area contributed by atoms with Gasteiger partial charge in [-0.05, 0) is 31.0 Å². The van der Waals surface area contributed by atoms with E-state index in [0.717, 1.165) is 31.0 Å². The van der Waals surface area contributed by atoms with E-state index < -0.39 is 0 Å². The number of nitrogens with two attached hydrogens (primary N) is 1. The van der Waals surface area contributed by atoms with Gasteiger partial charge in [-0.1, -0.05) is 19.1 Å². The monoisotopic (exact) mass is 286 g/mol. The minimum absolute atomic E-state index is 0.563. The predicted molar refractivity (Wildman–Crippen MR) is 85.4 cm³/mol. The molecule has 21 heavy (non-hydrogen) atoms. The fourth-order valence-corrected chi connectivity index (χ4v) is 2.10. The lowest BCUT2D eigenvalue weighted by atomic mass is 10.2. The number of rotatable bonds is 7. The standard InChI is InChI=1S/C16H22N4O/c1-3-9-20(12-13-5-7-14(17)8-6-13)15-10-18-11-16(19-15)21-4-2/h5-8,10-11H,3-4,9,12,17H2,1-2H3. The zero-order chi connectivity index (χ0) is 15.1. The predicted octanol–water partition coefficient (Wildman–Crippen LogP) is 2.87. The number of hydrogen-bond acceptors (Lipinski definition) is 5. The molecule has 0 bridgehead atoms. The molecule has 1 aromatic heterocycles. The first-order valence-electron chi connectivity index (χ1n) is 7.27. The number of anilines is 2. The molecular weight excluding hydrogens is 264 g/mol. The van der Waals surface area contributed by atoms with Gasteiger partial charge in [-0.3, -0.25) is 4.98 Å². The molecule has 5 nitrogen and oxygen atoms in total. The molecule has 2 rings (SSSR count). The van der Waals surface area contributed by atoms with Crippen LogP contribution in [-0.4, -0.2) is 23.1 Å². The highest BCUT2D eigenvalue weighted by Crippen LogP contribution is 2.18. The second-order valence-electron chi connectivity index (χ2n) is 4.81. The first-order chi connectivity index (χ1) is 10.2. The molecular formula is C16H22N4O. The zero-order valence-electron chi connectivity index (χ0n) is 12.6. The van der Waals surface area contributed by atoms with Gasteiger partial charge < -0.3 is 15.4 Å². The number of aromatic nitrogens is 2. The minimum Gasteiger partial charge on any atom is -0.477 e. The van der Waals surface area contributed by atoms with Crippen molar-refractivity contribution in [3.63, 3.8) is 0 Å². The first-order valence-corrected chi connectivity index (χ1v) is 7.27. The van der Waals surface area contributed by atoms with E-state index in [1.807, 2.05) is 31.2 Å². The van der Waals surface area contributed by atoms with Gasteiger partial charge in [0, 0.05) is 18.8 Å². The van der Waals surface area contributed by atoms with Crippen molar-refractivity contribution < 1.29 is 4.74 Å². The Morgan fingerprint density at radius 3 is 2.57 bits per heavy atom. The fraction of sp³-hybridized carbons (Fsp3) is 0.375. The quantitative estimate of drug-likeness (QED) is 0.793. The molecule has 0 aliphatic heterocycles. The van der Waals surface area contributed by atoms with E-state index in [1.54, 1.807) is 12.4 Å². The van der Waals surface area contributed by atoms with E-state index in [0.29, 0.717) is 12.5 Å². The highest BCUT2D eigenvalue weighted by Gasteiger charge is 2.10. The second kappa shape index (κ2) is 7.47. The van der Waals surface area contributed by atoms with Gasteiger partial charge in [0.25, 0.3) is 0 Å². The van der Waals surface area contributed by atoms with Crippen molar-refractivity contribution in [2.45, 2.75) is 26.8 Å². The number of nitrogen functional groups attached to an aromatic ring is 1. The molecule has 0 unspecified atom stereocenters. The number of hydrogen-bond donors (Lipinski definition) is 1. The Bertz CT molecular complexity index is 556. The molecule has 0 radical (unpaired) electrons. The molecule has 2 N–H and O–H groups in total. The van der Waals surface area contributed by atoms with Crippen LogP contribution < -0.4 is 15.4 Å². The maximum atomic E-state index is 5.73. The van der Waals surface area contributed by atoms with Gasteiger partial charge in [-0.15, -0.1) is 0 Å². The Kier molecular flexibility index (Phi) is 5.37. The molecule has 0 spiro atoms. The largest absolute Gasteiger partial charge is 0.477 e. The third-order valence-electron chi connectivity index (χ3n) is 3.06. The van der Waals surface area contributed by atoms with E-state index >= 15 is 0 Å². The maximum Gasteiger partial charge on any atom is 0.234 e. The molecule has 0 amide bonds. The van der Waals surface area contributed by atoms with E-state index in [-0.39, 0.29) is 0 Å². The summed E-state index contributed by atoms with van der Waals surface area (Å²) in [6, 6.07) is 7.92. The minimum atomic E-state index is 0.563. The lowest BCUT2D eigenvalue weighted by molar-refractivity contribution is 0.325. The van der Waals surface area contributed by atoms with Crippen LogP contribution in [0.25, 0.3) is 0 Å². The van der Waals surface area contributed by atoms with Gasteiger partial charge in [-0.2, -0.15) is 4.98 Å². The van der Waals surface area contributed by atoms with Gasteiger partial charge in [0.2, 0.25) is 5.88 Å². The van der Waals surface area contributed by atoms with Crippen molar-refractivity contribution >= 4 is 11.5 Å². The first kappa shape index (κ1) is 15.1. The van der Waals surface area contributed by atoms with Crippen molar-refractivity contribution in [2.24, 2.45) is 0 Å². The third kappa shape index (κ3) is 4.34.